The minimum absolute atomic E-state index is 0.358. The van der Waals surface area contributed by atoms with Crippen molar-refractivity contribution >= 4 is 11.8 Å². The van der Waals surface area contributed by atoms with E-state index in [4.69, 9.17) is 5.73 Å². The number of hydrogen-bond acceptors (Lipinski definition) is 3. The molecule has 0 rings (SSSR count). The van der Waals surface area contributed by atoms with Gasteiger partial charge in [-0.2, -0.15) is 11.8 Å². The van der Waals surface area contributed by atoms with Gasteiger partial charge in [0.15, 0.2) is 0 Å². The molecule has 0 aromatic rings. The molecule has 86 valence electrons. The first-order valence-electron chi connectivity index (χ1n) is 5.59. The highest BCUT2D eigenvalue weighted by molar-refractivity contribution is 7.99. The van der Waals surface area contributed by atoms with Crippen LogP contribution in [0.3, 0.4) is 0 Å². The first-order valence-corrected chi connectivity index (χ1v) is 6.75. The van der Waals surface area contributed by atoms with E-state index < -0.39 is 0 Å². The van der Waals surface area contributed by atoms with Crippen molar-refractivity contribution in [3.05, 3.63) is 0 Å². The third-order valence-electron chi connectivity index (χ3n) is 2.52. The zero-order valence-electron chi connectivity index (χ0n) is 10.1. The third-order valence-corrected chi connectivity index (χ3v) is 3.40. The average Bonchev–Trinajstić information content (AvgIpc) is 2.14. The first-order chi connectivity index (χ1) is 6.57. The fraction of sp³-hybridized carbons (Fsp3) is 1.00. The number of thioether (sulfide) groups is 1. The summed E-state index contributed by atoms with van der Waals surface area (Å²) in [5.74, 6) is 3.07. The minimum atomic E-state index is 0.358. The van der Waals surface area contributed by atoms with Crippen molar-refractivity contribution in [2.24, 2.45) is 11.7 Å². The molecule has 0 fully saturated rings. The van der Waals surface area contributed by atoms with Crippen LogP contribution in [0.1, 0.15) is 27.2 Å². The van der Waals surface area contributed by atoms with Crippen molar-refractivity contribution < 1.29 is 0 Å². The molecule has 0 aromatic carbocycles. The van der Waals surface area contributed by atoms with Crippen molar-refractivity contribution in [2.75, 3.05) is 31.6 Å². The minimum Gasteiger partial charge on any atom is -0.327 e. The zero-order chi connectivity index (χ0) is 11.0. The Morgan fingerprint density at radius 2 is 1.93 bits per heavy atom. The molecule has 0 heterocycles. The molecule has 0 bridgehead atoms. The van der Waals surface area contributed by atoms with Gasteiger partial charge in [0.2, 0.25) is 0 Å². The van der Waals surface area contributed by atoms with Crippen LogP contribution in [0.15, 0.2) is 0 Å². The van der Waals surface area contributed by atoms with Gasteiger partial charge in [-0.05, 0) is 31.7 Å². The molecule has 0 aliphatic rings. The van der Waals surface area contributed by atoms with Crippen molar-refractivity contribution in [3.63, 3.8) is 0 Å². The molecule has 0 aliphatic heterocycles. The monoisotopic (exact) mass is 218 g/mol. The van der Waals surface area contributed by atoms with E-state index in [1.54, 1.807) is 0 Å². The van der Waals surface area contributed by atoms with Crippen LogP contribution in [0, 0.1) is 5.92 Å². The summed E-state index contributed by atoms with van der Waals surface area (Å²) in [5, 5.41) is 0. The maximum atomic E-state index is 5.99. The molecule has 0 radical (unpaired) electrons. The summed E-state index contributed by atoms with van der Waals surface area (Å²) in [5.41, 5.74) is 5.99. The van der Waals surface area contributed by atoms with Crippen LogP contribution in [0.25, 0.3) is 0 Å². The first kappa shape index (κ1) is 14.3. The topological polar surface area (TPSA) is 29.3 Å². The normalized spacial score (nSPS) is 13.9. The summed E-state index contributed by atoms with van der Waals surface area (Å²) in [6.45, 7) is 8.90. The highest BCUT2D eigenvalue weighted by Crippen LogP contribution is 2.04. The van der Waals surface area contributed by atoms with Crippen molar-refractivity contribution in [2.45, 2.75) is 33.2 Å². The number of nitrogens with zero attached hydrogens (tertiary/aromatic N) is 1. The van der Waals surface area contributed by atoms with Crippen LogP contribution in [-0.2, 0) is 0 Å². The van der Waals surface area contributed by atoms with Crippen LogP contribution in [0.4, 0.5) is 0 Å². The van der Waals surface area contributed by atoms with Gasteiger partial charge < -0.3 is 10.6 Å². The molecule has 0 spiro atoms. The van der Waals surface area contributed by atoms with Crippen molar-refractivity contribution in [3.8, 4) is 0 Å². The SMILES string of the molecule is CCSCCN(C)CCC(N)C(C)C. The third kappa shape index (κ3) is 7.65. The largest absolute Gasteiger partial charge is 0.327 e. The molecule has 0 aromatic heterocycles. The Labute approximate surface area is 93.6 Å². The Bertz CT molecular complexity index is 128. The Kier molecular flexibility index (Phi) is 8.73. The van der Waals surface area contributed by atoms with Gasteiger partial charge >= 0.3 is 0 Å². The van der Waals surface area contributed by atoms with E-state index in [9.17, 15) is 0 Å². The molecule has 0 aliphatic carbocycles. The van der Waals surface area contributed by atoms with E-state index in [1.165, 1.54) is 18.1 Å². The highest BCUT2D eigenvalue weighted by atomic mass is 32.2. The zero-order valence-corrected chi connectivity index (χ0v) is 10.9. The van der Waals surface area contributed by atoms with Crippen LogP contribution in [0.5, 0.6) is 0 Å². The maximum absolute atomic E-state index is 5.99. The maximum Gasteiger partial charge on any atom is 0.00740 e. The molecule has 0 saturated heterocycles. The van der Waals surface area contributed by atoms with Gasteiger partial charge in [0.05, 0.1) is 0 Å². The van der Waals surface area contributed by atoms with E-state index in [1.807, 2.05) is 11.8 Å². The van der Waals surface area contributed by atoms with Crippen LogP contribution >= 0.6 is 11.8 Å². The molecule has 1 atom stereocenters. The second-order valence-corrected chi connectivity index (χ2v) is 5.59. The van der Waals surface area contributed by atoms with Gasteiger partial charge in [0, 0.05) is 18.3 Å². The lowest BCUT2D eigenvalue weighted by Crippen LogP contribution is -2.32. The van der Waals surface area contributed by atoms with Crippen molar-refractivity contribution in [1.29, 1.82) is 0 Å². The van der Waals surface area contributed by atoms with Gasteiger partial charge in [0.25, 0.3) is 0 Å². The lowest BCUT2D eigenvalue weighted by Gasteiger charge is -2.21. The van der Waals surface area contributed by atoms with Gasteiger partial charge in [-0.15, -0.1) is 0 Å². The average molecular weight is 218 g/mol. The van der Waals surface area contributed by atoms with E-state index in [2.05, 4.69) is 32.7 Å². The van der Waals surface area contributed by atoms with Gasteiger partial charge in [0.1, 0.15) is 0 Å². The smallest absolute Gasteiger partial charge is 0.00740 e. The molecular weight excluding hydrogens is 192 g/mol. The van der Waals surface area contributed by atoms with Crippen LogP contribution < -0.4 is 5.73 Å². The second-order valence-electron chi connectivity index (χ2n) is 4.20. The lowest BCUT2D eigenvalue weighted by atomic mass is 10.0. The van der Waals surface area contributed by atoms with Crippen molar-refractivity contribution in [1.82, 2.24) is 4.90 Å². The fourth-order valence-corrected chi connectivity index (χ4v) is 1.91. The highest BCUT2D eigenvalue weighted by Gasteiger charge is 2.08. The molecular formula is C11H26N2S. The van der Waals surface area contributed by atoms with E-state index in [0.717, 1.165) is 13.0 Å². The fourth-order valence-electron chi connectivity index (χ4n) is 1.18. The molecule has 3 heteroatoms. The Balaban J connectivity index is 3.38. The number of hydrogen-bond donors (Lipinski definition) is 1. The molecule has 1 unspecified atom stereocenters. The summed E-state index contributed by atoms with van der Waals surface area (Å²) in [7, 11) is 2.18. The van der Waals surface area contributed by atoms with E-state index >= 15 is 0 Å². The summed E-state index contributed by atoms with van der Waals surface area (Å²) in [4.78, 5) is 2.38. The van der Waals surface area contributed by atoms with Crippen LogP contribution in [-0.4, -0.2) is 42.6 Å². The van der Waals surface area contributed by atoms with E-state index in [-0.39, 0.29) is 0 Å². The molecule has 2 nitrogen and oxygen atoms in total. The summed E-state index contributed by atoms with van der Waals surface area (Å²) < 4.78 is 0. The van der Waals surface area contributed by atoms with Gasteiger partial charge in [-0.3, -0.25) is 0 Å². The molecule has 2 N–H and O–H groups in total. The van der Waals surface area contributed by atoms with Gasteiger partial charge in [-0.1, -0.05) is 20.8 Å². The quantitative estimate of drug-likeness (QED) is 0.632. The second kappa shape index (κ2) is 8.57. The molecule has 0 saturated carbocycles. The Hall–Kier alpha value is 0.270. The number of rotatable bonds is 8. The summed E-state index contributed by atoms with van der Waals surface area (Å²) in [6, 6.07) is 0.358. The molecule has 14 heavy (non-hydrogen) atoms. The predicted molar refractivity (Wildman–Crippen MR) is 67.9 cm³/mol. The van der Waals surface area contributed by atoms with E-state index in [0.29, 0.717) is 12.0 Å². The summed E-state index contributed by atoms with van der Waals surface area (Å²) in [6.07, 6.45) is 1.12. The predicted octanol–water partition coefficient (Wildman–Crippen LogP) is 2.04. The van der Waals surface area contributed by atoms with Crippen LogP contribution in [0.2, 0.25) is 0 Å². The Morgan fingerprint density at radius 1 is 1.29 bits per heavy atom. The lowest BCUT2D eigenvalue weighted by molar-refractivity contribution is 0.318. The Morgan fingerprint density at radius 3 is 2.43 bits per heavy atom. The summed E-state index contributed by atoms with van der Waals surface area (Å²) >= 11 is 2.00. The molecule has 0 amide bonds. The number of nitrogens with two attached hydrogens (primary N) is 1. The van der Waals surface area contributed by atoms with Gasteiger partial charge in [-0.25, -0.2) is 0 Å². The standard InChI is InChI=1S/C11H26N2S/c1-5-14-9-8-13(4)7-6-11(12)10(2)3/h10-11H,5-9,12H2,1-4H3.